The lowest BCUT2D eigenvalue weighted by Crippen LogP contribution is -2.34. The van der Waals surface area contributed by atoms with Crippen LogP contribution in [0.25, 0.3) is 0 Å². The minimum absolute atomic E-state index is 0.00732. The van der Waals surface area contributed by atoms with Crippen molar-refractivity contribution in [1.29, 1.82) is 0 Å². The van der Waals surface area contributed by atoms with Crippen LogP contribution < -0.4 is 5.32 Å². The highest BCUT2D eigenvalue weighted by molar-refractivity contribution is 7.86. The number of benzene rings is 1. The van der Waals surface area contributed by atoms with E-state index in [2.05, 4.69) is 9.50 Å². The summed E-state index contributed by atoms with van der Waals surface area (Å²) in [5, 5.41) is 2.42. The molecule has 8 nitrogen and oxygen atoms in total. The summed E-state index contributed by atoms with van der Waals surface area (Å²) in [7, 11) is -3.83. The van der Waals surface area contributed by atoms with Crippen molar-refractivity contribution in [2.45, 2.75) is 26.1 Å². The van der Waals surface area contributed by atoms with Crippen LogP contribution in [0.4, 0.5) is 4.79 Å². The third-order valence-electron chi connectivity index (χ3n) is 2.73. The first-order chi connectivity index (χ1) is 11.3. The topological polar surface area (TPSA) is 108 Å². The molecule has 24 heavy (non-hydrogen) atoms. The van der Waals surface area contributed by atoms with E-state index in [0.29, 0.717) is 0 Å². The molecule has 0 saturated carbocycles. The number of amides is 1. The zero-order chi connectivity index (χ0) is 18.0. The van der Waals surface area contributed by atoms with Crippen LogP contribution in [0.3, 0.4) is 0 Å². The van der Waals surface area contributed by atoms with Gasteiger partial charge in [-0.05, 0) is 12.5 Å². The predicted molar refractivity (Wildman–Crippen MR) is 85.6 cm³/mol. The van der Waals surface area contributed by atoms with E-state index in [0.717, 1.165) is 11.8 Å². The van der Waals surface area contributed by atoms with E-state index >= 15 is 0 Å². The van der Waals surface area contributed by atoms with E-state index in [1.54, 1.807) is 6.92 Å². The lowest BCUT2D eigenvalue weighted by Gasteiger charge is -2.15. The van der Waals surface area contributed by atoms with Gasteiger partial charge in [0.1, 0.15) is 6.61 Å². The smallest absolute Gasteiger partial charge is 0.407 e. The van der Waals surface area contributed by atoms with Crippen molar-refractivity contribution in [1.82, 2.24) is 5.32 Å². The van der Waals surface area contributed by atoms with Crippen LogP contribution in [-0.2, 0) is 35.2 Å². The van der Waals surface area contributed by atoms with Gasteiger partial charge in [-0.25, -0.2) is 9.59 Å². The number of esters is 1. The van der Waals surface area contributed by atoms with Gasteiger partial charge in [-0.1, -0.05) is 30.3 Å². The quantitative estimate of drug-likeness (QED) is 0.521. The van der Waals surface area contributed by atoms with Gasteiger partial charge in [-0.3, -0.25) is 4.18 Å². The van der Waals surface area contributed by atoms with Crippen LogP contribution in [0.2, 0.25) is 0 Å². The van der Waals surface area contributed by atoms with Crippen LogP contribution in [0.15, 0.2) is 30.3 Å². The minimum atomic E-state index is -3.83. The Morgan fingerprint density at radius 2 is 1.83 bits per heavy atom. The lowest BCUT2D eigenvalue weighted by atomic mass is 10.2. The maximum atomic E-state index is 11.7. The fraction of sp³-hybridized carbons (Fsp3) is 0.467. The molecule has 1 aromatic carbocycles. The maximum Gasteiger partial charge on any atom is 0.407 e. The molecule has 0 aromatic heterocycles. The van der Waals surface area contributed by atoms with Gasteiger partial charge in [0.25, 0.3) is 10.1 Å². The van der Waals surface area contributed by atoms with Gasteiger partial charge in [0.2, 0.25) is 0 Å². The summed E-state index contributed by atoms with van der Waals surface area (Å²) in [4.78, 5) is 23.2. The molecule has 1 rings (SSSR count). The molecule has 0 saturated heterocycles. The van der Waals surface area contributed by atoms with E-state index in [9.17, 15) is 18.0 Å². The van der Waals surface area contributed by atoms with Crippen LogP contribution in [-0.4, -0.2) is 46.0 Å². The Bertz CT molecular complexity index is 630. The molecule has 9 heteroatoms. The van der Waals surface area contributed by atoms with Gasteiger partial charge in [-0.2, -0.15) is 8.42 Å². The zero-order valence-corrected chi connectivity index (χ0v) is 14.4. The zero-order valence-electron chi connectivity index (χ0n) is 13.6. The summed E-state index contributed by atoms with van der Waals surface area (Å²) in [5.74, 6) is -0.803. The van der Waals surface area contributed by atoms with Crippen LogP contribution in [0, 0.1) is 0 Å². The van der Waals surface area contributed by atoms with Crippen molar-refractivity contribution in [3.8, 4) is 0 Å². The Morgan fingerprint density at radius 3 is 2.42 bits per heavy atom. The fourth-order valence-electron chi connectivity index (χ4n) is 1.73. The number of hydrogen-bond acceptors (Lipinski definition) is 7. The van der Waals surface area contributed by atoms with Gasteiger partial charge in [-0.15, -0.1) is 0 Å². The SMILES string of the molecule is CCOC(=O)[C@H](CCNC(=O)OCc1ccccc1)OS(C)(=O)=O. The molecule has 0 aliphatic heterocycles. The molecule has 0 bridgehead atoms. The first kappa shape index (κ1) is 19.9. The highest BCUT2D eigenvalue weighted by Crippen LogP contribution is 2.06. The normalized spacial score (nSPS) is 12.2. The summed E-state index contributed by atoms with van der Waals surface area (Å²) in [6.45, 7) is 1.78. The third kappa shape index (κ3) is 8.49. The second kappa shape index (κ2) is 9.89. The van der Waals surface area contributed by atoms with Crippen molar-refractivity contribution in [3.63, 3.8) is 0 Å². The molecule has 0 aliphatic rings. The Balaban J connectivity index is 2.40. The van der Waals surface area contributed by atoms with Crippen LogP contribution in [0.5, 0.6) is 0 Å². The summed E-state index contributed by atoms with van der Waals surface area (Å²) in [6, 6.07) is 9.11. The number of alkyl carbamates (subject to hydrolysis) is 1. The van der Waals surface area contributed by atoms with Crippen molar-refractivity contribution in [3.05, 3.63) is 35.9 Å². The second-order valence-corrected chi connectivity index (χ2v) is 6.42. The number of rotatable bonds is 9. The number of carbonyl (C=O) groups is 2. The monoisotopic (exact) mass is 359 g/mol. The molecule has 0 spiro atoms. The van der Waals surface area contributed by atoms with Crippen molar-refractivity contribution < 1.29 is 31.7 Å². The molecule has 134 valence electrons. The highest BCUT2D eigenvalue weighted by atomic mass is 32.2. The lowest BCUT2D eigenvalue weighted by molar-refractivity contribution is -0.151. The van der Waals surface area contributed by atoms with Gasteiger partial charge >= 0.3 is 12.1 Å². The van der Waals surface area contributed by atoms with E-state index in [-0.39, 0.29) is 26.2 Å². The number of ether oxygens (including phenoxy) is 2. The van der Waals surface area contributed by atoms with Crippen LogP contribution in [0.1, 0.15) is 18.9 Å². The summed E-state index contributed by atoms with van der Waals surface area (Å²) in [5.41, 5.74) is 0.831. The molecule has 0 unspecified atom stereocenters. The molecule has 0 fully saturated rings. The molecule has 0 radical (unpaired) electrons. The second-order valence-electron chi connectivity index (χ2n) is 4.82. The van der Waals surface area contributed by atoms with Crippen LogP contribution >= 0.6 is 0 Å². The molecular formula is C15H21NO7S. The van der Waals surface area contributed by atoms with Crippen molar-refractivity contribution >= 4 is 22.2 Å². The average Bonchev–Trinajstić information content (AvgIpc) is 2.52. The maximum absolute atomic E-state index is 11.7. The highest BCUT2D eigenvalue weighted by Gasteiger charge is 2.25. The molecule has 1 aromatic rings. The molecular weight excluding hydrogens is 338 g/mol. The summed E-state index contributed by atoms with van der Waals surface area (Å²) < 4.78 is 36.7. The fourth-order valence-corrected chi connectivity index (χ4v) is 2.33. The van der Waals surface area contributed by atoms with Gasteiger partial charge < -0.3 is 14.8 Å². The Morgan fingerprint density at radius 1 is 1.17 bits per heavy atom. The van der Waals surface area contributed by atoms with Crippen molar-refractivity contribution in [2.24, 2.45) is 0 Å². The summed E-state index contributed by atoms with van der Waals surface area (Å²) >= 11 is 0. The minimum Gasteiger partial charge on any atom is -0.464 e. The standard InChI is InChI=1S/C15H21NO7S/c1-3-21-14(17)13(23-24(2,19)20)9-10-16-15(18)22-11-12-7-5-4-6-8-12/h4-8,13H,3,9-11H2,1-2H3,(H,16,18)/t13-/m0/s1. The molecule has 0 aliphatic carbocycles. The van der Waals surface area contributed by atoms with Gasteiger partial charge in [0, 0.05) is 13.0 Å². The van der Waals surface area contributed by atoms with E-state index in [1.807, 2.05) is 30.3 Å². The molecule has 1 N–H and O–H groups in total. The average molecular weight is 359 g/mol. The number of carbonyl (C=O) groups excluding carboxylic acids is 2. The largest absolute Gasteiger partial charge is 0.464 e. The Kier molecular flexibility index (Phi) is 8.20. The molecule has 1 amide bonds. The third-order valence-corrected chi connectivity index (χ3v) is 3.31. The van der Waals surface area contributed by atoms with E-state index < -0.39 is 28.3 Å². The summed E-state index contributed by atoms with van der Waals surface area (Å²) in [6.07, 6.45) is -1.22. The predicted octanol–water partition coefficient (Wildman–Crippen LogP) is 1.21. The number of nitrogens with one attached hydrogen (secondary N) is 1. The Labute approximate surface area is 141 Å². The van der Waals surface area contributed by atoms with E-state index in [4.69, 9.17) is 9.47 Å². The first-order valence-corrected chi connectivity index (χ1v) is 9.13. The molecule has 1 atom stereocenters. The van der Waals surface area contributed by atoms with Crippen molar-refractivity contribution in [2.75, 3.05) is 19.4 Å². The van der Waals surface area contributed by atoms with Gasteiger partial charge in [0.05, 0.1) is 12.9 Å². The first-order valence-electron chi connectivity index (χ1n) is 7.31. The number of hydrogen-bond donors (Lipinski definition) is 1. The Hall–Kier alpha value is -2.13. The molecule has 0 heterocycles. The van der Waals surface area contributed by atoms with Gasteiger partial charge in [0.15, 0.2) is 6.10 Å². The van der Waals surface area contributed by atoms with E-state index in [1.165, 1.54) is 0 Å².